The Labute approximate surface area is 159 Å². The molecule has 1 aliphatic heterocycles. The highest BCUT2D eigenvalue weighted by Gasteiger charge is 2.31. The second-order valence-corrected chi connectivity index (χ2v) is 7.25. The highest BCUT2D eigenvalue weighted by molar-refractivity contribution is 7.18. The van der Waals surface area contributed by atoms with Crippen LogP contribution in [-0.2, 0) is 0 Å². The number of thiazole rings is 1. The largest absolute Gasteiger partial charge is 0.573 e. The highest BCUT2D eigenvalue weighted by Crippen LogP contribution is 2.33. The van der Waals surface area contributed by atoms with Gasteiger partial charge in [0.1, 0.15) is 5.75 Å². The van der Waals surface area contributed by atoms with Crippen LogP contribution in [-0.4, -0.2) is 53.9 Å². The van der Waals surface area contributed by atoms with Crippen molar-refractivity contribution in [3.05, 3.63) is 30.5 Å². The molecule has 0 radical (unpaired) electrons. The predicted molar refractivity (Wildman–Crippen MR) is 97.5 cm³/mol. The molecule has 6 nitrogen and oxygen atoms in total. The number of nitrogens with zero attached hydrogens (tertiary/aromatic N) is 2. The summed E-state index contributed by atoms with van der Waals surface area (Å²) in [5, 5.41) is 17.0. The molecule has 1 aromatic carbocycles. The molecule has 1 aromatic heterocycles. The van der Waals surface area contributed by atoms with Crippen LogP contribution in [0.4, 0.5) is 18.3 Å². The molecule has 3 N–H and O–H groups in total. The number of piperidine rings is 1. The molecule has 10 heteroatoms. The van der Waals surface area contributed by atoms with Gasteiger partial charge in [0.15, 0.2) is 11.5 Å². The Balaban J connectivity index is 1.62. The first kappa shape index (κ1) is 19.9. The summed E-state index contributed by atoms with van der Waals surface area (Å²) in [6.45, 7) is 1.52. The van der Waals surface area contributed by atoms with Gasteiger partial charge in [-0.15, -0.1) is 13.2 Å². The lowest BCUT2D eigenvalue weighted by atomic mass is 10.1. The average molecular weight is 402 g/mol. The zero-order valence-corrected chi connectivity index (χ0v) is 15.5. The molecule has 1 aliphatic rings. The third-order valence-electron chi connectivity index (χ3n) is 4.39. The summed E-state index contributed by atoms with van der Waals surface area (Å²) in [5.74, 6) is -0.282. The second-order valence-electron chi connectivity index (χ2n) is 6.22. The van der Waals surface area contributed by atoms with Gasteiger partial charge in [-0.05, 0) is 37.6 Å². The van der Waals surface area contributed by atoms with Gasteiger partial charge in [0.05, 0.1) is 4.88 Å². The fraction of sp³-hybridized carbons (Fsp3) is 0.471. The standard InChI is InChI=1S/C17H21F3N4O2S/c1-21-12-5-7-24(8-6-12)16(25)23-15-22-10-14(27-15)11-3-2-4-13(9-11)26-17(18,19)20/h2-4,9-10,12,16,21,25H,5-8H2,1H3,(H,22,23). The second kappa shape index (κ2) is 8.42. The van der Waals surface area contributed by atoms with Crippen LogP contribution in [0, 0.1) is 0 Å². The molecular weight excluding hydrogens is 381 g/mol. The van der Waals surface area contributed by atoms with Crippen molar-refractivity contribution in [1.29, 1.82) is 0 Å². The first-order chi connectivity index (χ1) is 12.8. The molecule has 148 valence electrons. The summed E-state index contributed by atoms with van der Waals surface area (Å²) in [7, 11) is 1.93. The average Bonchev–Trinajstić information content (AvgIpc) is 3.09. The molecular formula is C17H21F3N4O2S. The summed E-state index contributed by atoms with van der Waals surface area (Å²) in [4.78, 5) is 6.80. The van der Waals surface area contributed by atoms with E-state index in [1.807, 2.05) is 11.9 Å². The number of likely N-dealkylation sites (tertiary alicyclic amines) is 1. The van der Waals surface area contributed by atoms with Crippen molar-refractivity contribution in [3.63, 3.8) is 0 Å². The van der Waals surface area contributed by atoms with E-state index in [0.29, 0.717) is 21.6 Å². The molecule has 27 heavy (non-hydrogen) atoms. The molecule has 1 saturated heterocycles. The van der Waals surface area contributed by atoms with Crippen LogP contribution in [0.2, 0.25) is 0 Å². The van der Waals surface area contributed by atoms with Crippen LogP contribution in [0.3, 0.4) is 0 Å². The number of hydrogen-bond donors (Lipinski definition) is 3. The van der Waals surface area contributed by atoms with Gasteiger partial charge in [-0.2, -0.15) is 0 Å². The predicted octanol–water partition coefficient (Wildman–Crippen LogP) is 3.08. The third kappa shape index (κ3) is 5.55. The van der Waals surface area contributed by atoms with E-state index in [1.165, 1.54) is 29.5 Å². The number of aliphatic hydroxyl groups is 1. The highest BCUT2D eigenvalue weighted by atomic mass is 32.1. The zero-order chi connectivity index (χ0) is 19.4. The number of hydrogen-bond acceptors (Lipinski definition) is 7. The molecule has 0 bridgehead atoms. The lowest BCUT2D eigenvalue weighted by Gasteiger charge is -2.34. The molecule has 0 amide bonds. The maximum atomic E-state index is 12.4. The fourth-order valence-electron chi connectivity index (χ4n) is 2.96. The molecule has 3 rings (SSSR count). The Morgan fingerprint density at radius 3 is 2.74 bits per heavy atom. The van der Waals surface area contributed by atoms with Gasteiger partial charge in [0, 0.05) is 25.3 Å². The summed E-state index contributed by atoms with van der Waals surface area (Å²) in [6.07, 6.45) is -2.14. The van der Waals surface area contributed by atoms with Gasteiger partial charge in [-0.1, -0.05) is 23.5 Å². The minimum absolute atomic E-state index is 0.282. The number of nitrogens with one attached hydrogen (secondary N) is 2. The SMILES string of the molecule is CNC1CCN(C(O)Nc2ncc(-c3cccc(OC(F)(F)F)c3)s2)CC1. The number of halogens is 3. The van der Waals surface area contributed by atoms with Crippen molar-refractivity contribution in [1.82, 2.24) is 15.2 Å². The van der Waals surface area contributed by atoms with Crippen molar-refractivity contribution >= 4 is 16.5 Å². The van der Waals surface area contributed by atoms with E-state index in [1.54, 1.807) is 12.3 Å². The van der Waals surface area contributed by atoms with Gasteiger partial charge < -0.3 is 20.5 Å². The van der Waals surface area contributed by atoms with Gasteiger partial charge in [-0.3, -0.25) is 4.90 Å². The summed E-state index contributed by atoms with van der Waals surface area (Å²) < 4.78 is 41.1. The Morgan fingerprint density at radius 1 is 1.33 bits per heavy atom. The van der Waals surface area contributed by atoms with Crippen LogP contribution < -0.4 is 15.4 Å². The number of ether oxygens (including phenoxy) is 1. The van der Waals surface area contributed by atoms with Crippen LogP contribution >= 0.6 is 11.3 Å². The van der Waals surface area contributed by atoms with Crippen LogP contribution in [0.5, 0.6) is 5.75 Å². The molecule has 1 fully saturated rings. The Morgan fingerprint density at radius 2 is 2.07 bits per heavy atom. The molecule has 1 atom stereocenters. The van der Waals surface area contributed by atoms with E-state index < -0.39 is 12.7 Å². The van der Waals surface area contributed by atoms with Crippen molar-refractivity contribution in [3.8, 4) is 16.2 Å². The monoisotopic (exact) mass is 402 g/mol. The number of alkyl halides is 3. The molecule has 0 aliphatic carbocycles. The quantitative estimate of drug-likeness (QED) is 0.646. The Hall–Kier alpha value is -1.88. The van der Waals surface area contributed by atoms with E-state index >= 15 is 0 Å². The van der Waals surface area contributed by atoms with Gasteiger partial charge >= 0.3 is 6.36 Å². The van der Waals surface area contributed by atoms with Crippen molar-refractivity contribution in [2.45, 2.75) is 31.6 Å². The number of aromatic nitrogens is 1. The van der Waals surface area contributed by atoms with Crippen molar-refractivity contribution in [2.75, 3.05) is 25.5 Å². The van der Waals surface area contributed by atoms with E-state index in [4.69, 9.17) is 0 Å². The smallest absolute Gasteiger partial charge is 0.406 e. The van der Waals surface area contributed by atoms with Gasteiger partial charge in [0.25, 0.3) is 0 Å². The molecule has 2 aromatic rings. The minimum Gasteiger partial charge on any atom is -0.406 e. The summed E-state index contributed by atoms with van der Waals surface area (Å²) in [5.41, 5.74) is 0.562. The third-order valence-corrected chi connectivity index (χ3v) is 5.37. The minimum atomic E-state index is -4.73. The van der Waals surface area contributed by atoms with Gasteiger partial charge in [0.2, 0.25) is 0 Å². The maximum Gasteiger partial charge on any atom is 0.573 e. The number of rotatable bonds is 6. The number of benzene rings is 1. The van der Waals surface area contributed by atoms with E-state index in [2.05, 4.69) is 20.4 Å². The molecule has 2 heterocycles. The van der Waals surface area contributed by atoms with Gasteiger partial charge in [-0.25, -0.2) is 4.98 Å². The summed E-state index contributed by atoms with van der Waals surface area (Å²) >= 11 is 1.25. The van der Waals surface area contributed by atoms with Crippen LogP contribution in [0.25, 0.3) is 10.4 Å². The normalized spacial score (nSPS) is 17.7. The maximum absolute atomic E-state index is 12.4. The van der Waals surface area contributed by atoms with Crippen molar-refractivity contribution in [2.24, 2.45) is 0 Å². The first-order valence-corrected chi connectivity index (χ1v) is 9.33. The van der Waals surface area contributed by atoms with Crippen LogP contribution in [0.1, 0.15) is 12.8 Å². The van der Waals surface area contributed by atoms with E-state index in [9.17, 15) is 18.3 Å². The molecule has 0 spiro atoms. The number of anilines is 1. The lowest BCUT2D eigenvalue weighted by Crippen LogP contribution is -2.48. The van der Waals surface area contributed by atoms with E-state index in [0.717, 1.165) is 25.9 Å². The first-order valence-electron chi connectivity index (χ1n) is 8.52. The molecule has 1 unspecified atom stereocenters. The van der Waals surface area contributed by atoms with Crippen LogP contribution in [0.15, 0.2) is 30.5 Å². The van der Waals surface area contributed by atoms with Crippen molar-refractivity contribution < 1.29 is 23.0 Å². The topological polar surface area (TPSA) is 69.7 Å². The number of aliphatic hydroxyl groups excluding tert-OH is 1. The Kier molecular flexibility index (Phi) is 6.20. The summed E-state index contributed by atoms with van der Waals surface area (Å²) in [6, 6.07) is 6.19. The lowest BCUT2D eigenvalue weighted by molar-refractivity contribution is -0.274. The van der Waals surface area contributed by atoms with E-state index in [-0.39, 0.29) is 5.75 Å². The molecule has 0 saturated carbocycles. The zero-order valence-electron chi connectivity index (χ0n) is 14.7. The Bertz CT molecular complexity index is 748. The fourth-order valence-corrected chi connectivity index (χ4v) is 3.78.